The standard InChI is InChI=1S/C21H23F3N2O2.ClH/c1-14(25)15-8-10-26(11-9-15)20(27)16-4-2-6-18(12-16)28-19-7-3-5-17(13-19)21(22,23)24;/h2-7,12-15H,8-11,25H2,1H3;1H. The van der Waals surface area contributed by atoms with Gasteiger partial charge in [-0.25, -0.2) is 0 Å². The Bertz CT molecular complexity index is 835. The molecule has 3 rings (SSSR count). The predicted molar refractivity (Wildman–Crippen MR) is 107 cm³/mol. The number of hydrogen-bond donors (Lipinski definition) is 1. The van der Waals surface area contributed by atoms with Crippen LogP contribution in [-0.4, -0.2) is 29.9 Å². The number of likely N-dealkylation sites (tertiary alicyclic amines) is 1. The Hall–Kier alpha value is -2.25. The van der Waals surface area contributed by atoms with Crippen LogP contribution in [0.25, 0.3) is 0 Å². The molecular weight excluding hydrogens is 405 g/mol. The number of nitrogens with two attached hydrogens (primary N) is 1. The highest BCUT2D eigenvalue weighted by molar-refractivity contribution is 5.94. The van der Waals surface area contributed by atoms with Crippen LogP contribution in [0.2, 0.25) is 0 Å². The second-order valence-corrected chi connectivity index (χ2v) is 7.14. The lowest BCUT2D eigenvalue weighted by molar-refractivity contribution is -0.137. The van der Waals surface area contributed by atoms with Crippen molar-refractivity contribution in [2.24, 2.45) is 11.7 Å². The molecule has 2 aromatic rings. The quantitative estimate of drug-likeness (QED) is 0.735. The lowest BCUT2D eigenvalue weighted by atomic mass is 9.90. The number of amides is 1. The number of nitrogens with zero attached hydrogens (tertiary/aromatic N) is 1. The van der Waals surface area contributed by atoms with E-state index in [2.05, 4.69) is 0 Å². The van der Waals surface area contributed by atoms with Crippen LogP contribution < -0.4 is 10.5 Å². The van der Waals surface area contributed by atoms with Gasteiger partial charge in [-0.15, -0.1) is 12.4 Å². The van der Waals surface area contributed by atoms with Gasteiger partial charge in [0.2, 0.25) is 0 Å². The molecule has 0 spiro atoms. The zero-order chi connectivity index (χ0) is 20.3. The number of benzene rings is 2. The van der Waals surface area contributed by atoms with E-state index >= 15 is 0 Å². The third-order valence-corrected chi connectivity index (χ3v) is 5.05. The number of piperidine rings is 1. The molecule has 1 amide bonds. The maximum atomic E-state index is 12.8. The van der Waals surface area contributed by atoms with E-state index in [9.17, 15) is 18.0 Å². The van der Waals surface area contributed by atoms with Gasteiger partial charge in [-0.1, -0.05) is 12.1 Å². The van der Waals surface area contributed by atoms with Crippen LogP contribution in [0.4, 0.5) is 13.2 Å². The van der Waals surface area contributed by atoms with Crippen LogP contribution >= 0.6 is 12.4 Å². The number of alkyl halides is 3. The minimum Gasteiger partial charge on any atom is -0.457 e. The third kappa shape index (κ3) is 5.87. The van der Waals surface area contributed by atoms with Crippen LogP contribution in [-0.2, 0) is 6.18 Å². The molecule has 4 nitrogen and oxygen atoms in total. The first-order valence-electron chi connectivity index (χ1n) is 9.24. The van der Waals surface area contributed by atoms with E-state index in [4.69, 9.17) is 10.5 Å². The van der Waals surface area contributed by atoms with Crippen molar-refractivity contribution in [3.63, 3.8) is 0 Å². The average molecular weight is 429 g/mol. The third-order valence-electron chi connectivity index (χ3n) is 5.05. The van der Waals surface area contributed by atoms with Crippen molar-refractivity contribution in [1.82, 2.24) is 4.90 Å². The highest BCUT2D eigenvalue weighted by Gasteiger charge is 2.30. The molecule has 1 aliphatic rings. The maximum Gasteiger partial charge on any atom is 0.416 e. The Kier molecular flexibility index (Phi) is 7.54. The fourth-order valence-electron chi connectivity index (χ4n) is 3.38. The maximum absolute atomic E-state index is 12.8. The van der Waals surface area contributed by atoms with Gasteiger partial charge in [0.15, 0.2) is 0 Å². The van der Waals surface area contributed by atoms with Gasteiger partial charge in [0.25, 0.3) is 5.91 Å². The molecule has 2 N–H and O–H groups in total. The number of halogens is 4. The molecular formula is C21H24ClF3N2O2. The van der Waals surface area contributed by atoms with E-state index in [0.717, 1.165) is 25.0 Å². The Morgan fingerprint density at radius 1 is 1.10 bits per heavy atom. The second-order valence-electron chi connectivity index (χ2n) is 7.14. The molecule has 0 aliphatic carbocycles. The second kappa shape index (κ2) is 9.50. The molecule has 1 heterocycles. The summed E-state index contributed by atoms with van der Waals surface area (Å²) < 4.78 is 44.1. The molecule has 1 saturated heterocycles. The van der Waals surface area contributed by atoms with Crippen LogP contribution in [0, 0.1) is 5.92 Å². The topological polar surface area (TPSA) is 55.6 Å². The Labute approximate surface area is 174 Å². The van der Waals surface area contributed by atoms with E-state index in [1.807, 2.05) is 6.92 Å². The highest BCUT2D eigenvalue weighted by Crippen LogP contribution is 2.33. The molecule has 1 unspecified atom stereocenters. The van der Waals surface area contributed by atoms with E-state index in [-0.39, 0.29) is 30.1 Å². The summed E-state index contributed by atoms with van der Waals surface area (Å²) in [5.74, 6) is 0.685. The first kappa shape index (κ1) is 23.0. The summed E-state index contributed by atoms with van der Waals surface area (Å²) in [6, 6.07) is 11.3. The van der Waals surface area contributed by atoms with Crippen LogP contribution in [0.3, 0.4) is 0 Å². The van der Waals surface area contributed by atoms with Crippen molar-refractivity contribution in [2.45, 2.75) is 32.0 Å². The molecule has 8 heteroatoms. The molecule has 0 radical (unpaired) electrons. The monoisotopic (exact) mass is 428 g/mol. The summed E-state index contributed by atoms with van der Waals surface area (Å²) in [7, 11) is 0. The van der Waals surface area contributed by atoms with Gasteiger partial charge in [0, 0.05) is 24.7 Å². The van der Waals surface area contributed by atoms with Crippen molar-refractivity contribution in [2.75, 3.05) is 13.1 Å². The summed E-state index contributed by atoms with van der Waals surface area (Å²) >= 11 is 0. The lowest BCUT2D eigenvalue weighted by Gasteiger charge is -2.33. The van der Waals surface area contributed by atoms with E-state index in [0.29, 0.717) is 30.3 Å². The van der Waals surface area contributed by atoms with Crippen molar-refractivity contribution < 1.29 is 22.7 Å². The molecule has 158 valence electrons. The van der Waals surface area contributed by atoms with E-state index < -0.39 is 11.7 Å². The number of ether oxygens (including phenoxy) is 1. The van der Waals surface area contributed by atoms with Gasteiger partial charge in [-0.05, 0) is 62.1 Å². The summed E-state index contributed by atoms with van der Waals surface area (Å²) in [6.07, 6.45) is -2.71. The van der Waals surface area contributed by atoms with Gasteiger partial charge in [-0.2, -0.15) is 13.2 Å². The number of carbonyl (C=O) groups excluding carboxylic acids is 1. The minimum atomic E-state index is -4.44. The van der Waals surface area contributed by atoms with Crippen LogP contribution in [0.15, 0.2) is 48.5 Å². The molecule has 1 atom stereocenters. The minimum absolute atomic E-state index is 0. The predicted octanol–water partition coefficient (Wildman–Crippen LogP) is 5.12. The number of hydrogen-bond acceptors (Lipinski definition) is 3. The molecule has 1 fully saturated rings. The normalized spacial score (nSPS) is 16.1. The summed E-state index contributed by atoms with van der Waals surface area (Å²) in [5, 5.41) is 0. The molecule has 0 aromatic heterocycles. The summed E-state index contributed by atoms with van der Waals surface area (Å²) in [6.45, 7) is 3.27. The number of carbonyl (C=O) groups is 1. The fourth-order valence-corrected chi connectivity index (χ4v) is 3.38. The summed E-state index contributed by atoms with van der Waals surface area (Å²) in [5.41, 5.74) is 5.60. The molecule has 0 bridgehead atoms. The van der Waals surface area contributed by atoms with Crippen molar-refractivity contribution in [3.8, 4) is 11.5 Å². The molecule has 0 saturated carbocycles. The van der Waals surface area contributed by atoms with E-state index in [1.54, 1.807) is 29.2 Å². The van der Waals surface area contributed by atoms with E-state index in [1.165, 1.54) is 12.1 Å². The van der Waals surface area contributed by atoms with Crippen molar-refractivity contribution in [3.05, 3.63) is 59.7 Å². The van der Waals surface area contributed by atoms with Crippen molar-refractivity contribution >= 4 is 18.3 Å². The Morgan fingerprint density at radius 3 is 2.28 bits per heavy atom. The Morgan fingerprint density at radius 2 is 1.69 bits per heavy atom. The van der Waals surface area contributed by atoms with Gasteiger partial charge >= 0.3 is 6.18 Å². The average Bonchev–Trinajstić information content (AvgIpc) is 2.67. The summed E-state index contributed by atoms with van der Waals surface area (Å²) in [4.78, 5) is 14.5. The van der Waals surface area contributed by atoms with Gasteiger partial charge < -0.3 is 15.4 Å². The van der Waals surface area contributed by atoms with Crippen LogP contribution in [0.5, 0.6) is 11.5 Å². The zero-order valence-electron chi connectivity index (χ0n) is 16.0. The molecule has 29 heavy (non-hydrogen) atoms. The van der Waals surface area contributed by atoms with Gasteiger partial charge in [-0.3, -0.25) is 4.79 Å². The first-order chi connectivity index (χ1) is 13.2. The molecule has 2 aromatic carbocycles. The largest absolute Gasteiger partial charge is 0.457 e. The Balaban J connectivity index is 0.00000300. The zero-order valence-corrected chi connectivity index (χ0v) is 16.8. The van der Waals surface area contributed by atoms with Gasteiger partial charge in [0.05, 0.1) is 5.56 Å². The molecule has 1 aliphatic heterocycles. The first-order valence-corrected chi connectivity index (χ1v) is 9.24. The van der Waals surface area contributed by atoms with Crippen LogP contribution in [0.1, 0.15) is 35.7 Å². The SMILES string of the molecule is CC(N)C1CCN(C(=O)c2cccc(Oc3cccc(C(F)(F)F)c3)c2)CC1.Cl. The van der Waals surface area contributed by atoms with Crippen molar-refractivity contribution in [1.29, 1.82) is 0 Å². The van der Waals surface area contributed by atoms with Gasteiger partial charge in [0.1, 0.15) is 11.5 Å². The number of rotatable bonds is 4. The highest BCUT2D eigenvalue weighted by atomic mass is 35.5. The lowest BCUT2D eigenvalue weighted by Crippen LogP contribution is -2.42. The fraction of sp³-hybridized carbons (Fsp3) is 0.381. The smallest absolute Gasteiger partial charge is 0.416 e.